The molecule has 4 aromatic heterocycles. The van der Waals surface area contributed by atoms with Crippen molar-refractivity contribution in [2.45, 2.75) is 31.6 Å². The van der Waals surface area contributed by atoms with Crippen LogP contribution in [-0.2, 0) is 5.75 Å². The van der Waals surface area contributed by atoms with Gasteiger partial charge < -0.3 is 10.1 Å². The number of nitrogens with zero attached hydrogens (tertiary/aromatic N) is 2. The summed E-state index contributed by atoms with van der Waals surface area (Å²) in [5.41, 5.74) is 2.45. The van der Waals surface area contributed by atoms with E-state index in [2.05, 4.69) is 28.8 Å². The maximum Gasteiger partial charge on any atom is 0.346 e. The van der Waals surface area contributed by atoms with E-state index >= 15 is 0 Å². The quantitative estimate of drug-likeness (QED) is 0.375. The number of thiophene rings is 2. The summed E-state index contributed by atoms with van der Waals surface area (Å²) in [5, 5.41) is 12.1. The molecule has 6 nitrogen and oxygen atoms in total. The molecule has 0 unspecified atom stereocenters. The zero-order valence-electron chi connectivity index (χ0n) is 14.7. The van der Waals surface area contributed by atoms with E-state index in [1.807, 2.05) is 0 Å². The summed E-state index contributed by atoms with van der Waals surface area (Å²) in [6, 6.07) is 1.55. The van der Waals surface area contributed by atoms with Gasteiger partial charge in [-0.25, -0.2) is 14.8 Å². The monoisotopic (exact) mass is 417 g/mol. The minimum Gasteiger partial charge on any atom is -0.477 e. The van der Waals surface area contributed by atoms with E-state index in [1.54, 1.807) is 42.4 Å². The average molecular weight is 418 g/mol. The highest BCUT2D eigenvalue weighted by Crippen LogP contribution is 2.37. The van der Waals surface area contributed by atoms with Gasteiger partial charge in [0, 0.05) is 27.5 Å². The number of hydrogen-bond donors (Lipinski definition) is 2. The summed E-state index contributed by atoms with van der Waals surface area (Å²) in [4.78, 5) is 38.1. The first kappa shape index (κ1) is 18.1. The Morgan fingerprint density at radius 2 is 1.96 bits per heavy atom. The second kappa shape index (κ2) is 6.74. The SMILES string of the molecule is Cc1sc2ncnc(SCc3cc(=O)[nH]c4sc(C(=O)O)c(C)c34)c2c1C. The number of carboxylic acids is 1. The Morgan fingerprint density at radius 1 is 1.19 bits per heavy atom. The van der Waals surface area contributed by atoms with Gasteiger partial charge in [0.15, 0.2) is 0 Å². The summed E-state index contributed by atoms with van der Waals surface area (Å²) in [7, 11) is 0. The lowest BCUT2D eigenvalue weighted by Crippen LogP contribution is -2.05. The highest BCUT2D eigenvalue weighted by atomic mass is 32.2. The summed E-state index contributed by atoms with van der Waals surface area (Å²) in [5.74, 6) is -0.452. The van der Waals surface area contributed by atoms with Gasteiger partial charge in [-0.3, -0.25) is 4.79 Å². The fourth-order valence-corrected chi connectivity index (χ4v) is 6.27. The number of aromatic nitrogens is 3. The molecule has 0 aliphatic carbocycles. The number of nitrogens with one attached hydrogen (secondary N) is 1. The van der Waals surface area contributed by atoms with Gasteiger partial charge in [-0.2, -0.15) is 0 Å². The number of carbonyl (C=O) groups is 1. The van der Waals surface area contributed by atoms with E-state index < -0.39 is 5.97 Å². The van der Waals surface area contributed by atoms with E-state index in [4.69, 9.17) is 0 Å². The number of rotatable bonds is 4. The summed E-state index contributed by atoms with van der Waals surface area (Å²) in [6.45, 7) is 5.91. The standard InChI is InChI=1S/C18H15N3O3S3/c1-7-9(3)26-16-13(7)15(19-6-20-16)25-5-10-4-11(22)21-17-12(10)8(2)14(27-17)18(23)24/h4,6H,5H2,1-3H3,(H,21,22)(H,23,24). The maximum absolute atomic E-state index is 12.0. The molecule has 0 aliphatic heterocycles. The van der Waals surface area contributed by atoms with Crippen LogP contribution in [0.15, 0.2) is 22.2 Å². The zero-order valence-corrected chi connectivity index (χ0v) is 17.2. The number of aromatic carboxylic acids is 1. The topological polar surface area (TPSA) is 95.9 Å². The molecular weight excluding hydrogens is 402 g/mol. The Morgan fingerprint density at radius 3 is 2.70 bits per heavy atom. The van der Waals surface area contributed by atoms with Crippen molar-refractivity contribution in [3.63, 3.8) is 0 Å². The Bertz CT molecular complexity index is 1270. The largest absolute Gasteiger partial charge is 0.477 e. The number of fused-ring (bicyclic) bond motifs is 2. The summed E-state index contributed by atoms with van der Waals surface area (Å²) >= 11 is 4.29. The highest BCUT2D eigenvalue weighted by Gasteiger charge is 2.19. The Labute approximate surface area is 166 Å². The molecule has 0 atom stereocenters. The van der Waals surface area contributed by atoms with Crippen LogP contribution in [0.5, 0.6) is 0 Å². The Kier molecular flexibility index (Phi) is 4.53. The molecule has 27 heavy (non-hydrogen) atoms. The van der Waals surface area contributed by atoms with Crippen molar-refractivity contribution in [1.82, 2.24) is 15.0 Å². The van der Waals surface area contributed by atoms with Crippen LogP contribution >= 0.6 is 34.4 Å². The van der Waals surface area contributed by atoms with Gasteiger partial charge in [-0.05, 0) is 37.5 Å². The number of hydrogen-bond acceptors (Lipinski definition) is 7. The van der Waals surface area contributed by atoms with E-state index in [0.717, 1.165) is 37.5 Å². The summed E-state index contributed by atoms with van der Waals surface area (Å²) < 4.78 is 0. The molecule has 4 heterocycles. The fraction of sp³-hybridized carbons (Fsp3) is 0.222. The molecule has 2 N–H and O–H groups in total. The van der Waals surface area contributed by atoms with Crippen LogP contribution < -0.4 is 5.56 Å². The normalized spacial score (nSPS) is 11.5. The van der Waals surface area contributed by atoms with E-state index in [9.17, 15) is 14.7 Å². The van der Waals surface area contributed by atoms with Gasteiger partial charge in [-0.1, -0.05) is 0 Å². The first-order valence-electron chi connectivity index (χ1n) is 8.09. The third kappa shape index (κ3) is 3.05. The van der Waals surface area contributed by atoms with Crippen molar-refractivity contribution in [3.8, 4) is 0 Å². The number of aromatic amines is 1. The maximum atomic E-state index is 12.0. The molecule has 0 aromatic carbocycles. The predicted molar refractivity (Wildman–Crippen MR) is 111 cm³/mol. The third-order valence-electron chi connectivity index (χ3n) is 4.50. The zero-order chi connectivity index (χ0) is 19.3. The number of carboxylic acid groups (broad SMARTS) is 1. The van der Waals surface area contributed by atoms with Crippen molar-refractivity contribution in [2.24, 2.45) is 0 Å². The van der Waals surface area contributed by atoms with Crippen LogP contribution in [-0.4, -0.2) is 26.0 Å². The fourth-order valence-electron chi connectivity index (χ4n) is 3.09. The van der Waals surface area contributed by atoms with Gasteiger partial charge in [-0.15, -0.1) is 34.4 Å². The minimum absolute atomic E-state index is 0.230. The molecule has 0 saturated heterocycles. The van der Waals surface area contributed by atoms with Gasteiger partial charge in [0.25, 0.3) is 0 Å². The molecule has 0 fully saturated rings. The molecular formula is C18H15N3O3S3. The summed E-state index contributed by atoms with van der Waals surface area (Å²) in [6.07, 6.45) is 1.56. The second-order valence-electron chi connectivity index (χ2n) is 6.16. The van der Waals surface area contributed by atoms with Crippen molar-refractivity contribution in [1.29, 1.82) is 0 Å². The average Bonchev–Trinajstić information content (AvgIpc) is 3.10. The molecule has 0 bridgehead atoms. The van der Waals surface area contributed by atoms with Crippen molar-refractivity contribution in [3.05, 3.63) is 49.2 Å². The molecule has 0 spiro atoms. The Balaban J connectivity index is 1.79. The second-order valence-corrected chi connectivity index (χ2v) is 9.34. The number of pyridine rings is 1. The lowest BCUT2D eigenvalue weighted by Gasteiger charge is -2.06. The molecule has 4 aromatic rings. The molecule has 0 amide bonds. The first-order chi connectivity index (χ1) is 12.9. The number of H-pyrrole nitrogens is 1. The molecule has 9 heteroatoms. The first-order valence-corrected chi connectivity index (χ1v) is 10.7. The third-order valence-corrected chi connectivity index (χ3v) is 7.85. The molecule has 0 aliphatic rings. The van der Waals surface area contributed by atoms with Crippen molar-refractivity contribution >= 4 is 60.8 Å². The lowest BCUT2D eigenvalue weighted by molar-refractivity contribution is 0.0701. The predicted octanol–water partition coefficient (Wildman–Crippen LogP) is 4.51. The molecule has 138 valence electrons. The van der Waals surface area contributed by atoms with E-state index in [-0.39, 0.29) is 10.4 Å². The minimum atomic E-state index is -0.977. The number of thioether (sulfide) groups is 1. The van der Waals surface area contributed by atoms with Crippen LogP contribution in [0.1, 0.15) is 31.2 Å². The van der Waals surface area contributed by atoms with Crippen LogP contribution in [0, 0.1) is 20.8 Å². The highest BCUT2D eigenvalue weighted by molar-refractivity contribution is 7.98. The molecule has 0 saturated carbocycles. The van der Waals surface area contributed by atoms with Crippen molar-refractivity contribution < 1.29 is 9.90 Å². The van der Waals surface area contributed by atoms with Gasteiger partial charge in [0.05, 0.1) is 0 Å². The van der Waals surface area contributed by atoms with E-state index in [1.165, 1.54) is 10.4 Å². The van der Waals surface area contributed by atoms with E-state index in [0.29, 0.717) is 16.1 Å². The van der Waals surface area contributed by atoms with Gasteiger partial charge in [0.2, 0.25) is 5.56 Å². The van der Waals surface area contributed by atoms with Crippen LogP contribution in [0.2, 0.25) is 0 Å². The molecule has 4 rings (SSSR count). The molecule has 0 radical (unpaired) electrons. The lowest BCUT2D eigenvalue weighted by atomic mass is 10.1. The van der Waals surface area contributed by atoms with Gasteiger partial charge >= 0.3 is 5.97 Å². The smallest absolute Gasteiger partial charge is 0.346 e. The van der Waals surface area contributed by atoms with Crippen molar-refractivity contribution in [2.75, 3.05) is 0 Å². The van der Waals surface area contributed by atoms with Crippen LogP contribution in [0.25, 0.3) is 20.4 Å². The van der Waals surface area contributed by atoms with Crippen LogP contribution in [0.4, 0.5) is 0 Å². The van der Waals surface area contributed by atoms with Crippen LogP contribution in [0.3, 0.4) is 0 Å². The number of aryl methyl sites for hydroxylation is 3. The Hall–Kier alpha value is -2.23. The van der Waals surface area contributed by atoms with Gasteiger partial charge in [0.1, 0.15) is 25.9 Å².